The molecule has 22 heavy (non-hydrogen) atoms. The molecule has 0 amide bonds. The van der Waals surface area contributed by atoms with Crippen LogP contribution in [0.4, 0.5) is 5.13 Å². The monoisotopic (exact) mass is 328 g/mol. The van der Waals surface area contributed by atoms with Gasteiger partial charge in [-0.05, 0) is 20.3 Å². The van der Waals surface area contributed by atoms with Crippen LogP contribution in [0.1, 0.15) is 52.0 Å². The zero-order valence-electron chi connectivity index (χ0n) is 14.2. The summed E-state index contributed by atoms with van der Waals surface area (Å²) in [5, 5.41) is 17.8. The predicted molar refractivity (Wildman–Crippen MR) is 90.8 cm³/mol. The van der Waals surface area contributed by atoms with Crippen LogP contribution < -0.4 is 4.90 Å². The first-order valence-corrected chi connectivity index (χ1v) is 8.68. The Morgan fingerprint density at radius 1 is 1.32 bits per heavy atom. The molecular formula is C15H28N4O2S. The van der Waals surface area contributed by atoms with Gasteiger partial charge in [0.25, 0.3) is 6.47 Å². The molecule has 1 N–H and O–H groups in total. The average Bonchev–Trinajstić information content (AvgIpc) is 2.97. The van der Waals surface area contributed by atoms with E-state index in [1.165, 1.54) is 6.42 Å². The molecule has 0 spiro atoms. The van der Waals surface area contributed by atoms with Gasteiger partial charge in [0.05, 0.1) is 0 Å². The summed E-state index contributed by atoms with van der Waals surface area (Å²) in [6.45, 7) is 14.3. The van der Waals surface area contributed by atoms with E-state index in [4.69, 9.17) is 9.90 Å². The zero-order chi connectivity index (χ0) is 16.7. The zero-order valence-corrected chi connectivity index (χ0v) is 15.0. The number of carboxylic acid groups (broad SMARTS) is 1. The van der Waals surface area contributed by atoms with Gasteiger partial charge in [-0.25, -0.2) is 0 Å². The molecule has 1 unspecified atom stereocenters. The first-order chi connectivity index (χ1) is 10.4. The summed E-state index contributed by atoms with van der Waals surface area (Å²) in [5.41, 5.74) is 0. The second kappa shape index (κ2) is 9.05. The highest BCUT2D eigenvalue weighted by atomic mass is 32.1. The maximum atomic E-state index is 8.36. The Morgan fingerprint density at radius 3 is 2.41 bits per heavy atom. The van der Waals surface area contributed by atoms with Crippen LogP contribution in [0.5, 0.6) is 0 Å². The highest BCUT2D eigenvalue weighted by Gasteiger charge is 2.29. The van der Waals surface area contributed by atoms with E-state index in [-0.39, 0.29) is 6.47 Å². The third-order valence-corrected chi connectivity index (χ3v) is 5.14. The summed E-state index contributed by atoms with van der Waals surface area (Å²) in [7, 11) is 0. The number of anilines is 1. The van der Waals surface area contributed by atoms with Crippen molar-refractivity contribution in [1.82, 2.24) is 15.1 Å². The first kappa shape index (κ1) is 18.8. The summed E-state index contributed by atoms with van der Waals surface area (Å²) < 4.78 is 0. The van der Waals surface area contributed by atoms with Crippen LogP contribution in [-0.4, -0.2) is 58.4 Å². The van der Waals surface area contributed by atoms with Gasteiger partial charge >= 0.3 is 0 Å². The second-order valence-corrected chi connectivity index (χ2v) is 7.01. The quantitative estimate of drug-likeness (QED) is 0.857. The molecule has 126 valence electrons. The molecule has 1 fully saturated rings. The third-order valence-electron chi connectivity index (χ3n) is 3.86. The van der Waals surface area contributed by atoms with Gasteiger partial charge in [0, 0.05) is 37.6 Å². The van der Waals surface area contributed by atoms with E-state index in [0.29, 0.717) is 18.0 Å². The molecule has 1 aliphatic heterocycles. The van der Waals surface area contributed by atoms with Crippen LogP contribution in [0.3, 0.4) is 0 Å². The van der Waals surface area contributed by atoms with Crippen molar-refractivity contribution in [2.24, 2.45) is 0 Å². The molecule has 0 radical (unpaired) electrons. The van der Waals surface area contributed by atoms with Gasteiger partial charge in [-0.2, -0.15) is 0 Å². The number of aromatic nitrogens is 2. The Balaban J connectivity index is 0.000000745. The maximum absolute atomic E-state index is 8.36. The van der Waals surface area contributed by atoms with Crippen LogP contribution >= 0.6 is 11.3 Å². The Morgan fingerprint density at radius 2 is 1.95 bits per heavy atom. The fraction of sp³-hybridized carbons (Fsp3) is 0.800. The number of carbonyl (C=O) groups is 1. The van der Waals surface area contributed by atoms with Gasteiger partial charge in [0.15, 0.2) is 0 Å². The summed E-state index contributed by atoms with van der Waals surface area (Å²) in [6.07, 6.45) is 1.20. The Bertz CT molecular complexity index is 451. The maximum Gasteiger partial charge on any atom is 0.290 e. The fourth-order valence-corrected chi connectivity index (χ4v) is 3.56. The van der Waals surface area contributed by atoms with Crippen LogP contribution in [0, 0.1) is 0 Å². The molecule has 1 saturated heterocycles. The van der Waals surface area contributed by atoms with Crippen molar-refractivity contribution in [2.45, 2.75) is 59.0 Å². The van der Waals surface area contributed by atoms with E-state index in [1.807, 2.05) is 0 Å². The Hall–Kier alpha value is -1.21. The van der Waals surface area contributed by atoms with Crippen molar-refractivity contribution in [3.8, 4) is 0 Å². The van der Waals surface area contributed by atoms with Crippen molar-refractivity contribution < 1.29 is 9.90 Å². The van der Waals surface area contributed by atoms with Crippen molar-refractivity contribution in [1.29, 1.82) is 0 Å². The van der Waals surface area contributed by atoms with Gasteiger partial charge in [-0.1, -0.05) is 32.1 Å². The molecule has 7 heteroatoms. The molecule has 0 aromatic carbocycles. The number of hydrogen-bond acceptors (Lipinski definition) is 6. The number of hydrogen-bond donors (Lipinski definition) is 1. The minimum Gasteiger partial charge on any atom is -0.483 e. The van der Waals surface area contributed by atoms with Crippen LogP contribution in [-0.2, 0) is 4.79 Å². The lowest BCUT2D eigenvalue weighted by Crippen LogP contribution is -2.55. The summed E-state index contributed by atoms with van der Waals surface area (Å²) >= 11 is 1.75. The molecule has 0 saturated carbocycles. The lowest BCUT2D eigenvalue weighted by molar-refractivity contribution is -0.122. The number of piperazine rings is 1. The largest absolute Gasteiger partial charge is 0.483 e. The first-order valence-electron chi connectivity index (χ1n) is 7.86. The third kappa shape index (κ3) is 4.91. The molecule has 1 aromatic heterocycles. The Kier molecular flexibility index (Phi) is 7.75. The molecule has 2 rings (SSSR count). The highest BCUT2D eigenvalue weighted by Crippen LogP contribution is 2.28. The van der Waals surface area contributed by atoms with Crippen LogP contribution in [0.15, 0.2) is 0 Å². The van der Waals surface area contributed by atoms with Crippen molar-refractivity contribution in [3.05, 3.63) is 5.01 Å². The highest BCUT2D eigenvalue weighted by molar-refractivity contribution is 7.15. The van der Waals surface area contributed by atoms with E-state index in [9.17, 15) is 0 Å². The van der Waals surface area contributed by atoms with Crippen molar-refractivity contribution in [3.63, 3.8) is 0 Å². The molecule has 1 aromatic rings. The predicted octanol–water partition coefficient (Wildman–Crippen LogP) is 2.67. The molecule has 6 nitrogen and oxygen atoms in total. The molecule has 1 atom stereocenters. The standard InChI is InChI=1S/C14H26N4S.CH2O2/c1-6-12-9-17(7-8-18(12)11(4)5)14-16-15-13(19-14)10(2)3;2-1-3/h10-12H,6-9H2,1-5H3;1H,(H,2,3). The van der Waals surface area contributed by atoms with Gasteiger partial charge < -0.3 is 10.0 Å². The fourth-order valence-electron chi connectivity index (χ4n) is 2.67. The van der Waals surface area contributed by atoms with E-state index in [1.54, 1.807) is 11.3 Å². The van der Waals surface area contributed by atoms with Gasteiger partial charge in [-0.3, -0.25) is 9.69 Å². The summed E-state index contributed by atoms with van der Waals surface area (Å²) in [6, 6.07) is 1.27. The minimum absolute atomic E-state index is 0.250. The Labute approximate surface area is 137 Å². The van der Waals surface area contributed by atoms with Gasteiger partial charge in [-0.15, -0.1) is 10.2 Å². The van der Waals surface area contributed by atoms with Crippen molar-refractivity contribution in [2.75, 3.05) is 24.5 Å². The molecule has 1 aliphatic rings. The van der Waals surface area contributed by atoms with E-state index in [2.05, 4.69) is 54.6 Å². The lowest BCUT2D eigenvalue weighted by Gasteiger charge is -2.43. The SMILES string of the molecule is CCC1CN(c2nnc(C(C)C)s2)CCN1C(C)C.O=CO. The summed E-state index contributed by atoms with van der Waals surface area (Å²) in [5.74, 6) is 0.477. The van der Waals surface area contributed by atoms with E-state index >= 15 is 0 Å². The average molecular weight is 328 g/mol. The molecule has 0 bridgehead atoms. The number of rotatable bonds is 4. The lowest BCUT2D eigenvalue weighted by atomic mass is 10.1. The normalized spacial score (nSPS) is 19.2. The van der Waals surface area contributed by atoms with Crippen LogP contribution in [0.25, 0.3) is 0 Å². The summed E-state index contributed by atoms with van der Waals surface area (Å²) in [4.78, 5) is 13.4. The van der Waals surface area contributed by atoms with Crippen molar-refractivity contribution >= 4 is 22.9 Å². The molecule has 0 aliphatic carbocycles. The van der Waals surface area contributed by atoms with E-state index in [0.717, 1.165) is 29.8 Å². The van der Waals surface area contributed by atoms with E-state index < -0.39 is 0 Å². The van der Waals surface area contributed by atoms with Gasteiger partial charge in [0.1, 0.15) is 5.01 Å². The molecular weight excluding hydrogens is 300 g/mol. The number of nitrogens with zero attached hydrogens (tertiary/aromatic N) is 4. The van der Waals surface area contributed by atoms with Gasteiger partial charge in [0.2, 0.25) is 5.13 Å². The second-order valence-electron chi connectivity index (χ2n) is 6.02. The molecule has 2 heterocycles. The topological polar surface area (TPSA) is 69.6 Å². The smallest absolute Gasteiger partial charge is 0.290 e. The van der Waals surface area contributed by atoms with Crippen LogP contribution in [0.2, 0.25) is 0 Å². The minimum atomic E-state index is -0.250.